The van der Waals surface area contributed by atoms with Gasteiger partial charge in [-0.2, -0.15) is 4.72 Å². The Morgan fingerprint density at radius 3 is 2.33 bits per heavy atom. The molecule has 0 fully saturated rings. The molecule has 15 heavy (non-hydrogen) atoms. The van der Waals surface area contributed by atoms with Gasteiger partial charge >= 0.3 is 0 Å². The van der Waals surface area contributed by atoms with Gasteiger partial charge in [0.05, 0.1) is 11.5 Å². The molecule has 1 atom stereocenters. The maximum absolute atomic E-state index is 11.5. The summed E-state index contributed by atoms with van der Waals surface area (Å²) >= 11 is 3.17. The molecule has 0 aliphatic heterocycles. The number of halogens is 1. The predicted octanol–water partition coefficient (Wildman–Crippen LogP) is 0.0381. The lowest BCUT2D eigenvalue weighted by Gasteiger charge is -2.10. The Kier molecular flexibility index (Phi) is 4.23. The molecule has 0 saturated heterocycles. The zero-order valence-electron chi connectivity index (χ0n) is 7.59. The second-order valence-electron chi connectivity index (χ2n) is 2.77. The molecule has 1 aromatic carbocycles. The van der Waals surface area contributed by atoms with Crippen molar-refractivity contribution in [3.05, 3.63) is 28.7 Å². The van der Waals surface area contributed by atoms with Crippen LogP contribution in [0, 0.1) is 0 Å². The first-order valence-corrected chi connectivity index (χ1v) is 6.30. The molecule has 0 saturated carbocycles. The highest BCUT2D eigenvalue weighted by Crippen LogP contribution is 2.14. The first-order chi connectivity index (χ1) is 6.95. The molecule has 1 unspecified atom stereocenters. The summed E-state index contributed by atoms with van der Waals surface area (Å²) in [4.78, 5) is 0.0261. The number of hydrogen-bond donors (Lipinski definition) is 3. The van der Waals surface area contributed by atoms with Crippen LogP contribution in [0.4, 0.5) is 0 Å². The number of sulfonamides is 1. The minimum absolute atomic E-state index is 0.0261. The van der Waals surface area contributed by atoms with Crippen LogP contribution in [0.25, 0.3) is 0 Å². The number of aliphatic hydroxyl groups is 2. The van der Waals surface area contributed by atoms with Crippen molar-refractivity contribution in [1.82, 2.24) is 4.72 Å². The Morgan fingerprint density at radius 2 is 1.87 bits per heavy atom. The van der Waals surface area contributed by atoms with Crippen molar-refractivity contribution in [2.75, 3.05) is 6.61 Å². The Balaban J connectivity index is 2.91. The van der Waals surface area contributed by atoms with Crippen LogP contribution in [0.2, 0.25) is 0 Å². The standard InChI is InChI=1S/C8H10BrNO4S/c9-6-1-3-7(4-2-6)15(13,14)10-8(12)5-11/h1-4,8,10-12H,5H2. The number of hydrogen-bond acceptors (Lipinski definition) is 4. The highest BCUT2D eigenvalue weighted by atomic mass is 79.9. The van der Waals surface area contributed by atoms with E-state index in [1.165, 1.54) is 12.1 Å². The highest BCUT2D eigenvalue weighted by molar-refractivity contribution is 9.10. The SMILES string of the molecule is O=S(=O)(NC(O)CO)c1ccc(Br)cc1. The summed E-state index contributed by atoms with van der Waals surface area (Å²) in [5.74, 6) is 0. The normalized spacial score (nSPS) is 13.8. The predicted molar refractivity (Wildman–Crippen MR) is 57.6 cm³/mol. The van der Waals surface area contributed by atoms with Crippen LogP contribution in [0.1, 0.15) is 0 Å². The van der Waals surface area contributed by atoms with E-state index in [2.05, 4.69) is 15.9 Å². The van der Waals surface area contributed by atoms with Gasteiger partial charge in [0.2, 0.25) is 10.0 Å². The van der Waals surface area contributed by atoms with Crippen molar-refractivity contribution in [2.24, 2.45) is 0 Å². The van der Waals surface area contributed by atoms with Gasteiger partial charge in [0, 0.05) is 4.47 Å². The summed E-state index contributed by atoms with van der Waals surface area (Å²) < 4.78 is 25.7. The molecule has 0 spiro atoms. The Labute approximate surface area is 95.9 Å². The summed E-state index contributed by atoms with van der Waals surface area (Å²) in [5, 5.41) is 17.5. The molecule has 3 N–H and O–H groups in total. The van der Waals surface area contributed by atoms with Crippen LogP contribution < -0.4 is 4.72 Å². The third-order valence-corrected chi connectivity index (χ3v) is 3.59. The first-order valence-electron chi connectivity index (χ1n) is 4.02. The molecular formula is C8H10BrNO4S. The van der Waals surface area contributed by atoms with E-state index in [-0.39, 0.29) is 4.90 Å². The van der Waals surface area contributed by atoms with Gasteiger partial charge in [0.1, 0.15) is 6.23 Å². The van der Waals surface area contributed by atoms with E-state index in [0.29, 0.717) is 0 Å². The molecule has 84 valence electrons. The lowest BCUT2D eigenvalue weighted by atomic mass is 10.4. The van der Waals surface area contributed by atoms with Crippen molar-refractivity contribution in [3.63, 3.8) is 0 Å². The zero-order chi connectivity index (χ0) is 11.5. The van der Waals surface area contributed by atoms with Crippen molar-refractivity contribution >= 4 is 26.0 Å². The number of aliphatic hydroxyl groups excluding tert-OH is 2. The lowest BCUT2D eigenvalue weighted by Crippen LogP contribution is -2.37. The van der Waals surface area contributed by atoms with Crippen LogP contribution in [0.3, 0.4) is 0 Å². The molecule has 0 heterocycles. The maximum atomic E-state index is 11.5. The molecule has 0 aliphatic rings. The molecule has 5 nitrogen and oxygen atoms in total. The monoisotopic (exact) mass is 295 g/mol. The molecule has 0 amide bonds. The fourth-order valence-electron chi connectivity index (χ4n) is 0.898. The zero-order valence-corrected chi connectivity index (χ0v) is 9.99. The van der Waals surface area contributed by atoms with Crippen LogP contribution in [0.5, 0.6) is 0 Å². The van der Waals surface area contributed by atoms with Crippen molar-refractivity contribution < 1.29 is 18.6 Å². The fraction of sp³-hybridized carbons (Fsp3) is 0.250. The van der Waals surface area contributed by atoms with E-state index in [1.807, 2.05) is 4.72 Å². The van der Waals surface area contributed by atoms with Gasteiger partial charge in [0.25, 0.3) is 0 Å². The Hall–Kier alpha value is -0.470. The van der Waals surface area contributed by atoms with Gasteiger partial charge in [-0.1, -0.05) is 15.9 Å². The van der Waals surface area contributed by atoms with Gasteiger partial charge in [0.15, 0.2) is 0 Å². The van der Waals surface area contributed by atoms with Crippen LogP contribution in [0.15, 0.2) is 33.6 Å². The fourth-order valence-corrected chi connectivity index (χ4v) is 2.23. The van der Waals surface area contributed by atoms with Gasteiger partial charge in [-0.05, 0) is 24.3 Å². The van der Waals surface area contributed by atoms with E-state index in [1.54, 1.807) is 12.1 Å². The highest BCUT2D eigenvalue weighted by Gasteiger charge is 2.17. The number of benzene rings is 1. The number of rotatable bonds is 4. The Bertz CT molecular complexity index is 417. The molecule has 7 heteroatoms. The second-order valence-corrected chi connectivity index (χ2v) is 5.40. The molecule has 0 bridgehead atoms. The quantitative estimate of drug-likeness (QED) is 0.685. The molecule has 1 aromatic rings. The molecule has 0 aliphatic carbocycles. The molecule has 0 aromatic heterocycles. The van der Waals surface area contributed by atoms with E-state index < -0.39 is 22.9 Å². The van der Waals surface area contributed by atoms with Crippen LogP contribution in [-0.2, 0) is 10.0 Å². The minimum Gasteiger partial charge on any atom is -0.392 e. The van der Waals surface area contributed by atoms with Gasteiger partial charge in [-0.3, -0.25) is 0 Å². The molecule has 0 radical (unpaired) electrons. The smallest absolute Gasteiger partial charge is 0.242 e. The summed E-state index contributed by atoms with van der Waals surface area (Å²) in [7, 11) is -3.77. The molecule has 1 rings (SSSR count). The third kappa shape index (κ3) is 3.54. The second kappa shape index (κ2) is 5.04. The Morgan fingerprint density at radius 1 is 1.33 bits per heavy atom. The van der Waals surface area contributed by atoms with Crippen molar-refractivity contribution in [3.8, 4) is 0 Å². The first kappa shape index (κ1) is 12.6. The van der Waals surface area contributed by atoms with Crippen LogP contribution in [-0.4, -0.2) is 31.5 Å². The van der Waals surface area contributed by atoms with Gasteiger partial charge < -0.3 is 10.2 Å². The summed E-state index contributed by atoms with van der Waals surface area (Å²) in [6.07, 6.45) is -1.49. The lowest BCUT2D eigenvalue weighted by molar-refractivity contribution is 0.0868. The van der Waals surface area contributed by atoms with E-state index in [4.69, 9.17) is 10.2 Å². The molecular weight excluding hydrogens is 286 g/mol. The third-order valence-electron chi connectivity index (χ3n) is 1.59. The van der Waals surface area contributed by atoms with Crippen molar-refractivity contribution in [2.45, 2.75) is 11.1 Å². The maximum Gasteiger partial charge on any atom is 0.242 e. The van der Waals surface area contributed by atoms with Gasteiger partial charge in [-0.15, -0.1) is 0 Å². The van der Waals surface area contributed by atoms with Crippen LogP contribution >= 0.6 is 15.9 Å². The topological polar surface area (TPSA) is 86.6 Å². The van der Waals surface area contributed by atoms with Crippen molar-refractivity contribution in [1.29, 1.82) is 0 Å². The van der Waals surface area contributed by atoms with Gasteiger partial charge in [-0.25, -0.2) is 8.42 Å². The number of nitrogens with one attached hydrogen (secondary N) is 1. The summed E-state index contributed by atoms with van der Waals surface area (Å²) in [6.45, 7) is -0.671. The summed E-state index contributed by atoms with van der Waals surface area (Å²) in [6, 6.07) is 5.91. The van der Waals surface area contributed by atoms with E-state index in [9.17, 15) is 8.42 Å². The average molecular weight is 296 g/mol. The summed E-state index contributed by atoms with van der Waals surface area (Å²) in [5.41, 5.74) is 0. The van der Waals surface area contributed by atoms with E-state index in [0.717, 1.165) is 4.47 Å². The minimum atomic E-state index is -3.77. The van der Waals surface area contributed by atoms with E-state index >= 15 is 0 Å². The average Bonchev–Trinajstić information content (AvgIpc) is 2.17. The largest absolute Gasteiger partial charge is 0.392 e.